The highest BCUT2D eigenvalue weighted by Crippen LogP contribution is 2.19. The van der Waals surface area contributed by atoms with E-state index < -0.39 is 0 Å². The molecule has 0 amide bonds. The molecule has 0 unspecified atom stereocenters. The predicted molar refractivity (Wildman–Crippen MR) is 78.6 cm³/mol. The number of unbranched alkanes of at least 4 members (excludes halogenated alkanes) is 8. The lowest BCUT2D eigenvalue weighted by atomic mass is 10.0. The fourth-order valence-electron chi connectivity index (χ4n) is 2.42. The number of carbonyl (C=O) groups is 1. The van der Waals surface area contributed by atoms with Crippen LogP contribution in [0.5, 0.6) is 0 Å². The first kappa shape index (κ1) is 15.8. The molecule has 19 heavy (non-hydrogen) atoms. The van der Waals surface area contributed by atoms with Crippen molar-refractivity contribution in [3.05, 3.63) is 11.6 Å². The lowest BCUT2D eigenvalue weighted by Gasteiger charge is -2.02. The fraction of sp³-hybridized carbons (Fsp3) is 0.706. The average Bonchev–Trinajstić information content (AvgIpc) is 2.70. The highest BCUT2D eigenvalue weighted by atomic mass is 16.5. The number of esters is 1. The summed E-state index contributed by atoms with van der Waals surface area (Å²) in [4.78, 5) is 11.4. The first-order chi connectivity index (χ1) is 9.24. The summed E-state index contributed by atoms with van der Waals surface area (Å²) in [5.41, 5.74) is 0.877. The topological polar surface area (TPSA) is 26.3 Å². The van der Waals surface area contributed by atoms with E-state index in [4.69, 9.17) is 11.2 Å². The molecule has 0 saturated heterocycles. The summed E-state index contributed by atoms with van der Waals surface area (Å²) in [6.45, 7) is 1.91. The molecule has 0 bridgehead atoms. The zero-order valence-corrected chi connectivity index (χ0v) is 12.1. The molecule has 0 saturated carbocycles. The molecule has 1 aliphatic heterocycles. The smallest absolute Gasteiger partial charge is 0.334 e. The standard InChI is InChI=1S/C17H26O2/c1-3-4-5-6-7-8-9-10-11-12-13-16-14-15(2)19-17(16)18/h1,14-15H,4-13H2,2H3/t15-/m0/s1. The van der Waals surface area contributed by atoms with Gasteiger partial charge in [0, 0.05) is 12.0 Å². The van der Waals surface area contributed by atoms with E-state index in [1.807, 2.05) is 13.0 Å². The van der Waals surface area contributed by atoms with E-state index in [-0.39, 0.29) is 12.1 Å². The predicted octanol–water partition coefficient (Wildman–Crippen LogP) is 4.39. The van der Waals surface area contributed by atoms with Crippen molar-refractivity contribution in [2.45, 2.75) is 77.2 Å². The summed E-state index contributed by atoms with van der Waals surface area (Å²) in [5, 5.41) is 0. The van der Waals surface area contributed by atoms with Crippen LogP contribution < -0.4 is 0 Å². The Labute approximate surface area is 117 Å². The number of cyclic esters (lactones) is 1. The second-order valence-corrected chi connectivity index (χ2v) is 5.33. The van der Waals surface area contributed by atoms with Crippen LogP contribution in [0.15, 0.2) is 11.6 Å². The monoisotopic (exact) mass is 262 g/mol. The van der Waals surface area contributed by atoms with Crippen molar-refractivity contribution in [2.75, 3.05) is 0 Å². The highest BCUT2D eigenvalue weighted by Gasteiger charge is 2.20. The Hall–Kier alpha value is -1.23. The average molecular weight is 262 g/mol. The van der Waals surface area contributed by atoms with Gasteiger partial charge in [0.25, 0.3) is 0 Å². The van der Waals surface area contributed by atoms with Crippen molar-refractivity contribution >= 4 is 5.97 Å². The molecule has 106 valence electrons. The van der Waals surface area contributed by atoms with Gasteiger partial charge >= 0.3 is 5.97 Å². The van der Waals surface area contributed by atoms with Crippen LogP contribution in [0.3, 0.4) is 0 Å². The molecular weight excluding hydrogens is 236 g/mol. The van der Waals surface area contributed by atoms with Crippen molar-refractivity contribution in [1.29, 1.82) is 0 Å². The molecule has 2 heteroatoms. The van der Waals surface area contributed by atoms with Crippen LogP contribution in [0.1, 0.15) is 71.1 Å². The van der Waals surface area contributed by atoms with Crippen molar-refractivity contribution < 1.29 is 9.53 Å². The molecule has 0 aliphatic carbocycles. The zero-order chi connectivity index (χ0) is 13.9. The molecule has 1 heterocycles. The molecule has 0 N–H and O–H groups in total. The Morgan fingerprint density at radius 2 is 1.68 bits per heavy atom. The minimum Gasteiger partial charge on any atom is -0.455 e. The van der Waals surface area contributed by atoms with Gasteiger partial charge in [-0.1, -0.05) is 38.5 Å². The Bertz CT molecular complexity index is 336. The maximum Gasteiger partial charge on any atom is 0.334 e. The van der Waals surface area contributed by atoms with Crippen LogP contribution in [-0.4, -0.2) is 12.1 Å². The molecule has 0 aromatic heterocycles. The number of hydrogen-bond donors (Lipinski definition) is 0. The molecule has 1 aliphatic rings. The molecule has 0 spiro atoms. The number of rotatable bonds is 10. The Kier molecular flexibility index (Phi) is 8.05. The Morgan fingerprint density at radius 1 is 1.11 bits per heavy atom. The molecule has 0 aromatic rings. The van der Waals surface area contributed by atoms with Gasteiger partial charge in [0.2, 0.25) is 0 Å². The van der Waals surface area contributed by atoms with Crippen LogP contribution in [0.25, 0.3) is 0 Å². The van der Waals surface area contributed by atoms with Gasteiger partial charge in [-0.25, -0.2) is 4.79 Å². The number of carbonyl (C=O) groups excluding carboxylic acids is 1. The largest absolute Gasteiger partial charge is 0.455 e. The summed E-state index contributed by atoms with van der Waals surface area (Å²) < 4.78 is 5.07. The molecular formula is C17H26O2. The zero-order valence-electron chi connectivity index (χ0n) is 12.1. The molecule has 0 radical (unpaired) electrons. The maximum absolute atomic E-state index is 11.4. The minimum absolute atomic E-state index is 0.0227. The lowest BCUT2D eigenvalue weighted by Crippen LogP contribution is -2.03. The van der Waals surface area contributed by atoms with Gasteiger partial charge in [-0.3, -0.25) is 0 Å². The minimum atomic E-state index is -0.110. The summed E-state index contributed by atoms with van der Waals surface area (Å²) >= 11 is 0. The van der Waals surface area contributed by atoms with Crippen molar-refractivity contribution in [1.82, 2.24) is 0 Å². The third-order valence-electron chi connectivity index (χ3n) is 3.51. The summed E-state index contributed by atoms with van der Waals surface area (Å²) in [7, 11) is 0. The van der Waals surface area contributed by atoms with Gasteiger partial charge in [0.05, 0.1) is 0 Å². The van der Waals surface area contributed by atoms with Crippen LogP contribution >= 0.6 is 0 Å². The lowest BCUT2D eigenvalue weighted by molar-refractivity contribution is -0.139. The van der Waals surface area contributed by atoms with Gasteiger partial charge in [-0.05, 0) is 32.3 Å². The van der Waals surface area contributed by atoms with E-state index in [1.54, 1.807) is 0 Å². The Morgan fingerprint density at radius 3 is 2.21 bits per heavy atom. The van der Waals surface area contributed by atoms with E-state index in [0.29, 0.717) is 0 Å². The van der Waals surface area contributed by atoms with E-state index in [1.165, 1.54) is 44.9 Å². The second kappa shape index (κ2) is 9.67. The van der Waals surface area contributed by atoms with Gasteiger partial charge in [0.1, 0.15) is 6.10 Å². The first-order valence-corrected chi connectivity index (χ1v) is 7.59. The van der Waals surface area contributed by atoms with E-state index in [2.05, 4.69) is 5.92 Å². The third-order valence-corrected chi connectivity index (χ3v) is 3.51. The summed E-state index contributed by atoms with van der Waals surface area (Å²) in [5.74, 6) is 2.57. The molecule has 1 atom stereocenters. The van der Waals surface area contributed by atoms with E-state index >= 15 is 0 Å². The van der Waals surface area contributed by atoms with Gasteiger partial charge in [-0.15, -0.1) is 12.3 Å². The molecule has 0 fully saturated rings. The number of hydrogen-bond acceptors (Lipinski definition) is 2. The van der Waals surface area contributed by atoms with Crippen LogP contribution in [0.4, 0.5) is 0 Å². The van der Waals surface area contributed by atoms with Gasteiger partial charge < -0.3 is 4.74 Å². The van der Waals surface area contributed by atoms with Gasteiger partial charge in [0.15, 0.2) is 0 Å². The Balaban J connectivity index is 1.88. The van der Waals surface area contributed by atoms with Crippen LogP contribution in [-0.2, 0) is 9.53 Å². The normalized spacial score (nSPS) is 18.0. The number of terminal acetylenes is 1. The third kappa shape index (κ3) is 7.06. The summed E-state index contributed by atoms with van der Waals surface area (Å²) in [6, 6.07) is 0. The molecule has 1 rings (SSSR count). The van der Waals surface area contributed by atoms with Crippen LogP contribution in [0, 0.1) is 12.3 Å². The van der Waals surface area contributed by atoms with Crippen LogP contribution in [0.2, 0.25) is 0 Å². The summed E-state index contributed by atoms with van der Waals surface area (Å²) in [6.07, 6.45) is 18.9. The van der Waals surface area contributed by atoms with Gasteiger partial charge in [-0.2, -0.15) is 0 Å². The number of ether oxygens (including phenoxy) is 1. The van der Waals surface area contributed by atoms with Crippen molar-refractivity contribution in [2.24, 2.45) is 0 Å². The SMILES string of the molecule is C#CCCCCCCCCCCC1=C[C@H](C)OC1=O. The fourth-order valence-corrected chi connectivity index (χ4v) is 2.42. The first-order valence-electron chi connectivity index (χ1n) is 7.59. The molecule has 2 nitrogen and oxygen atoms in total. The quantitative estimate of drug-likeness (QED) is 0.331. The molecule has 0 aromatic carbocycles. The highest BCUT2D eigenvalue weighted by molar-refractivity contribution is 5.90. The maximum atomic E-state index is 11.4. The second-order valence-electron chi connectivity index (χ2n) is 5.33. The van der Waals surface area contributed by atoms with Crippen molar-refractivity contribution in [3.63, 3.8) is 0 Å². The van der Waals surface area contributed by atoms with E-state index in [0.717, 1.165) is 24.8 Å². The van der Waals surface area contributed by atoms with Crippen molar-refractivity contribution in [3.8, 4) is 12.3 Å². The van der Waals surface area contributed by atoms with E-state index in [9.17, 15) is 4.79 Å².